The van der Waals surface area contributed by atoms with Gasteiger partial charge in [0.25, 0.3) is 0 Å². The summed E-state index contributed by atoms with van der Waals surface area (Å²) in [4.78, 5) is 2.27. The molecular weight excluding hydrogens is 380 g/mol. The zero-order valence-corrected chi connectivity index (χ0v) is 16.1. The average molecular weight is 401 g/mol. The molecule has 1 aliphatic heterocycles. The number of ether oxygens (including phenoxy) is 1. The van der Waals surface area contributed by atoms with E-state index in [0.29, 0.717) is 30.3 Å². The Morgan fingerprint density at radius 1 is 1.28 bits per heavy atom. The third kappa shape index (κ3) is 5.51. The van der Waals surface area contributed by atoms with E-state index >= 15 is 0 Å². The van der Waals surface area contributed by atoms with Gasteiger partial charge < -0.3 is 4.74 Å². The molecule has 0 spiro atoms. The Hall–Kier alpha value is -0.960. The lowest BCUT2D eigenvalue weighted by Crippen LogP contribution is -2.43. The van der Waals surface area contributed by atoms with E-state index in [1.807, 2.05) is 5.38 Å². The Morgan fingerprint density at radius 3 is 2.76 bits per heavy atom. The van der Waals surface area contributed by atoms with Gasteiger partial charge in [-0.25, -0.2) is 13.1 Å². The monoisotopic (exact) mass is 400 g/mol. The van der Waals surface area contributed by atoms with Crippen LogP contribution < -0.4 is 4.72 Å². The molecule has 3 rings (SSSR count). The first kappa shape index (κ1) is 18.8. The maximum absolute atomic E-state index is 12.5. The van der Waals surface area contributed by atoms with Gasteiger partial charge in [0.1, 0.15) is 0 Å². The number of hydrogen-bond donors (Lipinski definition) is 1. The lowest BCUT2D eigenvalue weighted by atomic mass is 10.1. The van der Waals surface area contributed by atoms with Crippen molar-refractivity contribution in [2.75, 3.05) is 32.8 Å². The number of rotatable bonds is 7. The van der Waals surface area contributed by atoms with Crippen molar-refractivity contribution >= 4 is 33.0 Å². The maximum Gasteiger partial charge on any atom is 0.215 e. The summed E-state index contributed by atoms with van der Waals surface area (Å²) in [6, 6.07) is 9.01. The quantitative estimate of drug-likeness (QED) is 0.776. The van der Waals surface area contributed by atoms with E-state index in [1.165, 1.54) is 0 Å². The van der Waals surface area contributed by atoms with Crippen molar-refractivity contribution < 1.29 is 13.2 Å². The van der Waals surface area contributed by atoms with E-state index in [4.69, 9.17) is 16.3 Å². The lowest BCUT2D eigenvalue weighted by molar-refractivity contribution is 0.0173. The Kier molecular flexibility index (Phi) is 6.49. The van der Waals surface area contributed by atoms with Crippen LogP contribution in [0, 0.1) is 0 Å². The number of benzene rings is 1. The molecule has 1 N–H and O–H groups in total. The summed E-state index contributed by atoms with van der Waals surface area (Å²) in [7, 11) is -3.44. The molecular formula is C17H21ClN2O3S2. The predicted octanol–water partition coefficient (Wildman–Crippen LogP) is 2.89. The molecule has 1 aromatic heterocycles. The molecule has 1 fully saturated rings. The minimum atomic E-state index is -3.44. The number of halogens is 1. The third-order valence-electron chi connectivity index (χ3n) is 4.16. The summed E-state index contributed by atoms with van der Waals surface area (Å²) in [5.74, 6) is -0.0764. The molecule has 1 saturated heterocycles. The molecule has 0 radical (unpaired) electrons. The number of sulfonamides is 1. The predicted molar refractivity (Wildman–Crippen MR) is 102 cm³/mol. The first-order chi connectivity index (χ1) is 12.0. The van der Waals surface area contributed by atoms with Crippen molar-refractivity contribution in [1.82, 2.24) is 9.62 Å². The van der Waals surface area contributed by atoms with Gasteiger partial charge in [-0.2, -0.15) is 11.3 Å². The molecule has 0 bridgehead atoms. The zero-order chi connectivity index (χ0) is 17.7. The SMILES string of the molecule is O=S(=O)(Cc1cccc(Cl)c1)NC[C@H](c1ccsc1)N1CCOCC1. The van der Waals surface area contributed by atoms with E-state index in [9.17, 15) is 8.42 Å². The van der Waals surface area contributed by atoms with Crippen molar-refractivity contribution in [2.24, 2.45) is 0 Å². The molecule has 25 heavy (non-hydrogen) atoms. The van der Waals surface area contributed by atoms with E-state index in [0.717, 1.165) is 18.7 Å². The van der Waals surface area contributed by atoms with Gasteiger partial charge >= 0.3 is 0 Å². The van der Waals surface area contributed by atoms with Gasteiger partial charge in [-0.3, -0.25) is 4.90 Å². The zero-order valence-electron chi connectivity index (χ0n) is 13.7. The van der Waals surface area contributed by atoms with Gasteiger partial charge in [-0.05, 0) is 40.1 Å². The van der Waals surface area contributed by atoms with Crippen LogP contribution in [-0.2, 0) is 20.5 Å². The standard InChI is InChI=1S/C17H21ClN2O3S2/c18-16-3-1-2-14(10-16)13-25(21,22)19-11-17(15-4-9-24-12-15)20-5-7-23-8-6-20/h1-4,9-10,12,17,19H,5-8,11,13H2/t17-/m1/s1. The van der Waals surface area contributed by atoms with Crippen molar-refractivity contribution in [1.29, 1.82) is 0 Å². The average Bonchev–Trinajstić information content (AvgIpc) is 3.10. The van der Waals surface area contributed by atoms with Gasteiger partial charge in [-0.15, -0.1) is 0 Å². The van der Waals surface area contributed by atoms with E-state index < -0.39 is 10.0 Å². The number of nitrogens with zero attached hydrogens (tertiary/aromatic N) is 1. The topological polar surface area (TPSA) is 58.6 Å². The van der Waals surface area contributed by atoms with Gasteiger partial charge in [0, 0.05) is 30.7 Å². The number of thiophene rings is 1. The van der Waals surface area contributed by atoms with Crippen molar-refractivity contribution in [3.8, 4) is 0 Å². The molecule has 1 aromatic carbocycles. The fourth-order valence-electron chi connectivity index (χ4n) is 2.91. The molecule has 0 saturated carbocycles. The van der Waals surface area contributed by atoms with Crippen LogP contribution in [0.4, 0.5) is 0 Å². The van der Waals surface area contributed by atoms with E-state index in [-0.39, 0.29) is 11.8 Å². The highest BCUT2D eigenvalue weighted by Crippen LogP contribution is 2.24. The molecule has 8 heteroatoms. The molecule has 136 valence electrons. The molecule has 0 aliphatic carbocycles. The molecule has 0 amide bonds. The van der Waals surface area contributed by atoms with Crippen LogP contribution in [0.15, 0.2) is 41.1 Å². The lowest BCUT2D eigenvalue weighted by Gasteiger charge is -2.34. The highest BCUT2D eigenvalue weighted by atomic mass is 35.5. The summed E-state index contributed by atoms with van der Waals surface area (Å²) in [5.41, 5.74) is 1.82. The smallest absolute Gasteiger partial charge is 0.215 e. The largest absolute Gasteiger partial charge is 0.379 e. The summed E-state index contributed by atoms with van der Waals surface area (Å²) >= 11 is 7.56. The maximum atomic E-state index is 12.5. The first-order valence-electron chi connectivity index (χ1n) is 8.09. The van der Waals surface area contributed by atoms with Crippen molar-refractivity contribution in [3.05, 3.63) is 57.2 Å². The Morgan fingerprint density at radius 2 is 2.08 bits per heavy atom. The Bertz CT molecular complexity index is 775. The summed E-state index contributed by atoms with van der Waals surface area (Å²) in [6.07, 6.45) is 0. The minimum absolute atomic E-state index is 0.0179. The van der Waals surface area contributed by atoms with Gasteiger partial charge in [0.2, 0.25) is 10.0 Å². The molecule has 0 unspecified atom stereocenters. The van der Waals surface area contributed by atoms with Crippen molar-refractivity contribution in [3.63, 3.8) is 0 Å². The summed E-state index contributed by atoms with van der Waals surface area (Å²) < 4.78 is 33.1. The Labute approximate surface area is 157 Å². The fraction of sp³-hybridized carbons (Fsp3) is 0.412. The minimum Gasteiger partial charge on any atom is -0.379 e. The molecule has 1 atom stereocenters. The van der Waals surface area contributed by atoms with E-state index in [1.54, 1.807) is 35.6 Å². The molecule has 2 aromatic rings. The molecule has 1 aliphatic rings. The second-order valence-corrected chi connectivity index (χ2v) is 8.98. The highest BCUT2D eigenvalue weighted by molar-refractivity contribution is 7.88. The van der Waals surface area contributed by atoms with Crippen LogP contribution in [0.2, 0.25) is 5.02 Å². The van der Waals surface area contributed by atoms with Crippen LogP contribution in [0.1, 0.15) is 17.2 Å². The van der Waals surface area contributed by atoms with Crippen LogP contribution in [0.25, 0.3) is 0 Å². The number of nitrogens with one attached hydrogen (secondary N) is 1. The van der Waals surface area contributed by atoms with Crippen molar-refractivity contribution in [2.45, 2.75) is 11.8 Å². The van der Waals surface area contributed by atoms with E-state index in [2.05, 4.69) is 21.1 Å². The molecule has 5 nitrogen and oxygen atoms in total. The van der Waals surface area contributed by atoms with Crippen LogP contribution in [0.3, 0.4) is 0 Å². The Balaban J connectivity index is 1.67. The normalized spacial score (nSPS) is 17.5. The number of hydrogen-bond acceptors (Lipinski definition) is 5. The third-order valence-corrected chi connectivity index (χ3v) is 6.41. The summed E-state index contributed by atoms with van der Waals surface area (Å²) in [6.45, 7) is 3.30. The van der Waals surface area contributed by atoms with Crippen LogP contribution in [0.5, 0.6) is 0 Å². The highest BCUT2D eigenvalue weighted by Gasteiger charge is 2.24. The van der Waals surface area contributed by atoms with Crippen LogP contribution in [-0.4, -0.2) is 46.2 Å². The van der Waals surface area contributed by atoms with Gasteiger partial charge in [0.05, 0.1) is 19.0 Å². The van der Waals surface area contributed by atoms with Gasteiger partial charge in [0.15, 0.2) is 0 Å². The number of morpholine rings is 1. The second-order valence-electron chi connectivity index (χ2n) is 5.96. The first-order valence-corrected chi connectivity index (χ1v) is 11.1. The molecule has 2 heterocycles. The second kappa shape index (κ2) is 8.62. The fourth-order valence-corrected chi connectivity index (χ4v) is 4.97. The summed E-state index contributed by atoms with van der Waals surface area (Å²) in [5, 5.41) is 4.63. The van der Waals surface area contributed by atoms with Gasteiger partial charge in [-0.1, -0.05) is 23.7 Å². The van der Waals surface area contributed by atoms with Crippen LogP contribution >= 0.6 is 22.9 Å².